The molecule has 4 atom stereocenters. The van der Waals surface area contributed by atoms with Gasteiger partial charge in [-0.05, 0) is 89.6 Å². The number of carbonyl (C=O) groups excluding carboxylic acids is 4. The summed E-state index contributed by atoms with van der Waals surface area (Å²) in [5.74, 6) is 1.08. The van der Waals surface area contributed by atoms with Crippen LogP contribution in [0.2, 0.25) is 0 Å². The van der Waals surface area contributed by atoms with E-state index in [2.05, 4.69) is 81.3 Å². The number of aromatic nitrogens is 4. The van der Waals surface area contributed by atoms with Gasteiger partial charge in [0.05, 0.1) is 43.9 Å². The van der Waals surface area contributed by atoms with Gasteiger partial charge in [0.1, 0.15) is 23.7 Å². The van der Waals surface area contributed by atoms with Crippen molar-refractivity contribution >= 4 is 34.8 Å². The highest BCUT2D eigenvalue weighted by Crippen LogP contribution is 2.37. The van der Waals surface area contributed by atoms with Crippen molar-refractivity contribution in [3.8, 4) is 33.6 Å². The van der Waals surface area contributed by atoms with Crippen molar-refractivity contribution < 1.29 is 33.4 Å². The van der Waals surface area contributed by atoms with Crippen LogP contribution in [0, 0.1) is 5.92 Å². The third-order valence-electron chi connectivity index (χ3n) is 12.9. The molecule has 0 spiro atoms. The Bertz CT molecular complexity index is 2620. The minimum atomic E-state index is -0.882. The van der Waals surface area contributed by atoms with E-state index in [4.69, 9.17) is 24.2 Å². The number of hydrogen-bond acceptors (Lipinski definition) is 9. The lowest BCUT2D eigenvalue weighted by atomic mass is 9.90. The largest absolute Gasteiger partial charge is 0.453 e. The van der Waals surface area contributed by atoms with Crippen molar-refractivity contribution in [1.29, 1.82) is 0 Å². The molecule has 3 aliphatic heterocycles. The normalized spacial score (nSPS) is 18.7. The maximum Gasteiger partial charge on any atom is 0.407 e. The van der Waals surface area contributed by atoms with Crippen LogP contribution in [0.15, 0.2) is 103 Å². The summed E-state index contributed by atoms with van der Waals surface area (Å²) in [5, 5.41) is 7.71. The van der Waals surface area contributed by atoms with E-state index < -0.39 is 24.3 Å². The number of H-pyrrole nitrogens is 2. The van der Waals surface area contributed by atoms with Crippen LogP contribution >= 0.6 is 0 Å². The number of hydrogen-bond donors (Lipinski definition) is 4. The molecule has 0 aliphatic carbocycles. The Morgan fingerprint density at radius 2 is 1.31 bits per heavy atom. The average molecular weight is 865 g/mol. The third kappa shape index (κ3) is 8.80. The Morgan fingerprint density at radius 1 is 0.703 bits per heavy atom. The lowest BCUT2D eigenvalue weighted by Crippen LogP contribution is -2.53. The average Bonchev–Trinajstić information content (AvgIpc) is 4.20. The second-order valence-electron chi connectivity index (χ2n) is 16.6. The summed E-state index contributed by atoms with van der Waals surface area (Å²) in [6, 6.07) is 28.2. The maximum absolute atomic E-state index is 14.0. The number of likely N-dealkylation sites (tertiary alicyclic amines) is 2. The van der Waals surface area contributed by atoms with E-state index in [9.17, 15) is 19.2 Å². The van der Waals surface area contributed by atoms with Gasteiger partial charge in [-0.25, -0.2) is 19.6 Å². The molecule has 5 heterocycles. The van der Waals surface area contributed by atoms with Gasteiger partial charge in [0.25, 0.3) is 5.91 Å². The fourth-order valence-corrected chi connectivity index (χ4v) is 9.43. The molecular weight excluding hydrogens is 813 g/mol. The first-order valence-corrected chi connectivity index (χ1v) is 22.0. The van der Waals surface area contributed by atoms with Gasteiger partial charge < -0.3 is 44.6 Å². The Morgan fingerprint density at radius 3 is 2.02 bits per heavy atom. The molecule has 0 bridgehead atoms. The number of fused-ring (bicyclic) bond motifs is 1. The number of ether oxygens (including phenoxy) is 3. The highest BCUT2D eigenvalue weighted by Gasteiger charge is 2.40. The van der Waals surface area contributed by atoms with Crippen LogP contribution in [0.25, 0.3) is 44.4 Å². The number of nitrogens with zero attached hydrogens (tertiary/aromatic N) is 4. The summed E-state index contributed by atoms with van der Waals surface area (Å²) in [5.41, 5.74) is 6.42. The summed E-state index contributed by atoms with van der Waals surface area (Å²) >= 11 is 0. The molecule has 4 amide bonds. The van der Waals surface area contributed by atoms with Crippen LogP contribution in [0.1, 0.15) is 73.9 Å². The zero-order valence-corrected chi connectivity index (χ0v) is 35.9. The highest BCUT2D eigenvalue weighted by atomic mass is 16.5. The molecule has 15 nitrogen and oxygen atoms in total. The molecule has 9 rings (SSSR count). The Hall–Kier alpha value is -7.00. The van der Waals surface area contributed by atoms with Crippen LogP contribution in [0.3, 0.4) is 0 Å². The first-order chi connectivity index (χ1) is 31.3. The van der Waals surface area contributed by atoms with Crippen molar-refractivity contribution in [2.75, 3.05) is 40.5 Å². The van der Waals surface area contributed by atoms with Crippen molar-refractivity contribution in [2.24, 2.45) is 5.92 Å². The van der Waals surface area contributed by atoms with Gasteiger partial charge in [-0.3, -0.25) is 9.59 Å². The predicted octanol–water partition coefficient (Wildman–Crippen LogP) is 7.86. The van der Waals surface area contributed by atoms with Crippen molar-refractivity contribution in [1.82, 2.24) is 40.4 Å². The summed E-state index contributed by atoms with van der Waals surface area (Å²) in [6.07, 6.45) is 6.99. The molecular formula is C49H52N8O7. The summed E-state index contributed by atoms with van der Waals surface area (Å²) in [4.78, 5) is 72.7. The minimum absolute atomic E-state index is 0.0305. The van der Waals surface area contributed by atoms with Crippen molar-refractivity contribution in [3.63, 3.8) is 0 Å². The smallest absolute Gasteiger partial charge is 0.407 e. The SMILES string of the molecule is COC(=O)N[C@H](C(=O)N1CCCC1c1nc(-c2ccc3cc(-c4ccc(-c5cnc([C@@H]6CCCN6C(=O)[C@H](NC(=O)OC)c6ccccc6)[nH]5)cc4)ccc3c2)c[nH]1)C1CCOCC1. The second-order valence-corrected chi connectivity index (χ2v) is 16.6. The molecule has 3 fully saturated rings. The molecule has 4 aromatic carbocycles. The minimum Gasteiger partial charge on any atom is -0.453 e. The molecule has 330 valence electrons. The summed E-state index contributed by atoms with van der Waals surface area (Å²) in [7, 11) is 2.59. The van der Waals surface area contributed by atoms with Crippen molar-refractivity contribution in [2.45, 2.75) is 62.7 Å². The standard InChI is InChI=1S/C49H52N8O7/c1-62-48(60)54-42(32-8-4-3-5-9-32)46(58)56-22-6-10-40(56)44-50-28-38(52-44)31-14-12-30(13-15-31)34-16-17-36-27-37(19-18-35(36)26-34)39-29-51-45(53-39)41-11-7-23-57(41)47(59)43(55-49(61)63-2)33-20-24-64-25-21-33/h3-5,8-9,12-19,26-29,33,40-43H,6-7,10-11,20-25H2,1-2H3,(H,50,52)(H,51,53)(H,54,60)(H,55,61)/t40-,41?,42+,43-/m0/s1. The number of rotatable bonds is 11. The van der Waals surface area contributed by atoms with Gasteiger partial charge in [-0.2, -0.15) is 0 Å². The molecule has 4 N–H and O–H groups in total. The summed E-state index contributed by atoms with van der Waals surface area (Å²) < 4.78 is 15.2. The van der Waals surface area contributed by atoms with E-state index >= 15 is 0 Å². The monoisotopic (exact) mass is 864 g/mol. The first kappa shape index (κ1) is 42.3. The van der Waals surface area contributed by atoms with Crippen LogP contribution < -0.4 is 10.6 Å². The lowest BCUT2D eigenvalue weighted by molar-refractivity contribution is -0.137. The molecule has 6 aromatic rings. The first-order valence-electron chi connectivity index (χ1n) is 22.0. The van der Waals surface area contributed by atoms with E-state index in [0.29, 0.717) is 50.5 Å². The lowest BCUT2D eigenvalue weighted by Gasteiger charge is -2.34. The number of nitrogens with one attached hydrogen (secondary N) is 4. The number of amides is 4. The Labute approximate surface area is 370 Å². The molecule has 64 heavy (non-hydrogen) atoms. The summed E-state index contributed by atoms with van der Waals surface area (Å²) in [6.45, 7) is 2.26. The van der Waals surface area contributed by atoms with E-state index in [1.807, 2.05) is 41.4 Å². The number of imidazole rings is 2. The molecule has 3 aliphatic rings. The van der Waals surface area contributed by atoms with Crippen LogP contribution in [-0.2, 0) is 23.8 Å². The number of alkyl carbamates (subject to hydrolysis) is 2. The zero-order valence-electron chi connectivity index (χ0n) is 35.9. The van der Waals surface area contributed by atoms with Crippen LogP contribution in [0.5, 0.6) is 0 Å². The van der Waals surface area contributed by atoms with E-state index in [0.717, 1.165) is 75.9 Å². The quantitative estimate of drug-likeness (QED) is 0.101. The highest BCUT2D eigenvalue weighted by molar-refractivity contribution is 5.91. The fraction of sp³-hybridized carbons (Fsp3) is 0.347. The number of benzene rings is 4. The fourth-order valence-electron chi connectivity index (χ4n) is 9.43. The second kappa shape index (κ2) is 18.8. The Kier molecular flexibility index (Phi) is 12.4. The van der Waals surface area contributed by atoms with Gasteiger partial charge in [0.15, 0.2) is 0 Å². The van der Waals surface area contributed by atoms with Crippen LogP contribution in [0.4, 0.5) is 9.59 Å². The van der Waals surface area contributed by atoms with E-state index in [-0.39, 0.29) is 29.8 Å². The molecule has 3 saturated heterocycles. The van der Waals surface area contributed by atoms with E-state index in [1.165, 1.54) is 14.2 Å². The topological polar surface area (TPSA) is 184 Å². The maximum atomic E-state index is 14.0. The van der Waals surface area contributed by atoms with Crippen molar-refractivity contribution in [3.05, 3.63) is 121 Å². The number of methoxy groups -OCH3 is 2. The molecule has 2 aromatic heterocycles. The molecule has 1 unspecified atom stereocenters. The van der Waals surface area contributed by atoms with Gasteiger partial charge in [0, 0.05) is 38.1 Å². The zero-order chi connectivity index (χ0) is 44.2. The number of aromatic amines is 2. The van der Waals surface area contributed by atoms with E-state index in [1.54, 1.807) is 11.1 Å². The Balaban J connectivity index is 0.868. The van der Waals surface area contributed by atoms with Gasteiger partial charge in [-0.15, -0.1) is 0 Å². The molecule has 15 heteroatoms. The predicted molar refractivity (Wildman–Crippen MR) is 240 cm³/mol. The molecule has 0 radical (unpaired) electrons. The number of carbonyl (C=O) groups is 4. The third-order valence-corrected chi connectivity index (χ3v) is 12.9. The van der Waals surface area contributed by atoms with Crippen LogP contribution in [-0.4, -0.2) is 100 Å². The van der Waals surface area contributed by atoms with Gasteiger partial charge in [-0.1, -0.05) is 78.9 Å². The molecule has 0 saturated carbocycles. The van der Waals surface area contributed by atoms with Gasteiger partial charge >= 0.3 is 12.2 Å². The van der Waals surface area contributed by atoms with Gasteiger partial charge in [0.2, 0.25) is 5.91 Å².